The van der Waals surface area contributed by atoms with Gasteiger partial charge in [0, 0.05) is 17.5 Å². The molecule has 0 aromatic carbocycles. The minimum atomic E-state index is 0.610. The zero-order chi connectivity index (χ0) is 9.97. The summed E-state index contributed by atoms with van der Waals surface area (Å²) in [7, 11) is 0. The van der Waals surface area contributed by atoms with Crippen LogP contribution in [-0.2, 0) is 6.42 Å². The molecule has 2 rings (SSSR count). The summed E-state index contributed by atoms with van der Waals surface area (Å²) in [5.74, 6) is 0.610. The van der Waals surface area contributed by atoms with Gasteiger partial charge in [-0.05, 0) is 36.2 Å². The second kappa shape index (κ2) is 3.75. The van der Waals surface area contributed by atoms with Gasteiger partial charge in [-0.15, -0.1) is 0 Å². The van der Waals surface area contributed by atoms with Crippen LogP contribution >= 0.6 is 11.5 Å². The average molecular weight is 205 g/mol. The van der Waals surface area contributed by atoms with Crippen LogP contribution in [0.15, 0.2) is 24.4 Å². The number of aryl methyl sites for hydroxylation is 1. The van der Waals surface area contributed by atoms with E-state index >= 15 is 0 Å². The second-order valence-electron chi connectivity index (χ2n) is 3.16. The van der Waals surface area contributed by atoms with Crippen molar-refractivity contribution in [2.24, 2.45) is 0 Å². The number of anilines is 1. The van der Waals surface area contributed by atoms with Gasteiger partial charge in [0.15, 0.2) is 0 Å². The van der Waals surface area contributed by atoms with Gasteiger partial charge in [0.2, 0.25) is 0 Å². The number of hydrogen-bond donors (Lipinski definition) is 1. The Kier molecular flexibility index (Phi) is 2.45. The van der Waals surface area contributed by atoms with Crippen LogP contribution in [0.25, 0.3) is 0 Å². The van der Waals surface area contributed by atoms with Crippen LogP contribution < -0.4 is 5.73 Å². The largest absolute Gasteiger partial charge is 0.383 e. The number of pyridine rings is 1. The molecule has 2 aromatic rings. The van der Waals surface area contributed by atoms with Gasteiger partial charge in [-0.3, -0.25) is 0 Å². The van der Waals surface area contributed by atoms with Crippen LogP contribution in [0.5, 0.6) is 0 Å². The van der Waals surface area contributed by atoms with E-state index in [0.29, 0.717) is 5.82 Å². The molecule has 0 unspecified atom stereocenters. The lowest BCUT2D eigenvalue weighted by atomic mass is 10.1. The molecule has 4 heteroatoms. The van der Waals surface area contributed by atoms with Crippen LogP contribution in [0, 0.1) is 6.92 Å². The maximum absolute atomic E-state index is 5.75. The van der Waals surface area contributed by atoms with Gasteiger partial charge in [-0.2, -0.15) is 4.37 Å². The molecule has 2 N–H and O–H groups in total. The average Bonchev–Trinajstić information content (AvgIpc) is 2.56. The monoisotopic (exact) mass is 205 g/mol. The van der Waals surface area contributed by atoms with Gasteiger partial charge >= 0.3 is 0 Å². The normalized spacial score (nSPS) is 10.4. The van der Waals surface area contributed by atoms with E-state index < -0.39 is 0 Å². The Balaban J connectivity index is 2.23. The zero-order valence-electron chi connectivity index (χ0n) is 7.90. The number of nitrogens with zero attached hydrogens (tertiary/aromatic N) is 2. The molecule has 0 spiro atoms. The molecule has 0 aliphatic heterocycles. The standard InChI is InChI=1S/C10H11N3S/c1-7-5-9(14-13-7)6-8-3-2-4-12-10(8)11/h2-5H,6H2,1H3,(H2,11,12). The molecule has 0 bridgehead atoms. The molecule has 0 radical (unpaired) electrons. The van der Waals surface area contributed by atoms with Gasteiger partial charge in [0.25, 0.3) is 0 Å². The predicted octanol–water partition coefficient (Wildman–Crippen LogP) is 2.02. The number of aromatic nitrogens is 2. The minimum Gasteiger partial charge on any atom is -0.383 e. The van der Waals surface area contributed by atoms with Crippen molar-refractivity contribution in [3.63, 3.8) is 0 Å². The summed E-state index contributed by atoms with van der Waals surface area (Å²) in [6.07, 6.45) is 2.53. The third-order valence-corrected chi connectivity index (χ3v) is 2.84. The summed E-state index contributed by atoms with van der Waals surface area (Å²) in [6.45, 7) is 1.99. The molecule has 3 nitrogen and oxygen atoms in total. The second-order valence-corrected chi connectivity index (χ2v) is 4.05. The summed E-state index contributed by atoms with van der Waals surface area (Å²) in [6, 6.07) is 5.98. The van der Waals surface area contributed by atoms with Crippen molar-refractivity contribution < 1.29 is 0 Å². The number of hydrogen-bond acceptors (Lipinski definition) is 4. The molecule has 0 fully saturated rings. The summed E-state index contributed by atoms with van der Waals surface area (Å²) in [5.41, 5.74) is 7.88. The van der Waals surface area contributed by atoms with E-state index in [9.17, 15) is 0 Å². The molecule has 2 heterocycles. The van der Waals surface area contributed by atoms with Crippen LogP contribution in [0.3, 0.4) is 0 Å². The Morgan fingerprint density at radius 3 is 3.00 bits per heavy atom. The van der Waals surface area contributed by atoms with E-state index in [0.717, 1.165) is 17.7 Å². The summed E-state index contributed by atoms with van der Waals surface area (Å²) >= 11 is 1.52. The molecule has 0 atom stereocenters. The molecular formula is C10H11N3S. The maximum Gasteiger partial charge on any atom is 0.126 e. The zero-order valence-corrected chi connectivity index (χ0v) is 8.71. The van der Waals surface area contributed by atoms with Gasteiger partial charge in [-0.1, -0.05) is 6.07 Å². The molecule has 0 aliphatic carbocycles. The first-order valence-corrected chi connectivity index (χ1v) is 5.14. The SMILES string of the molecule is Cc1cc(Cc2cccnc2N)sn1. The van der Waals surface area contributed by atoms with Crippen molar-refractivity contribution in [1.82, 2.24) is 9.36 Å². The summed E-state index contributed by atoms with van der Waals surface area (Å²) in [5, 5.41) is 0. The number of nitrogens with two attached hydrogens (primary N) is 1. The molecule has 0 aliphatic rings. The fourth-order valence-corrected chi connectivity index (χ4v) is 2.04. The van der Waals surface area contributed by atoms with Crippen molar-refractivity contribution in [2.45, 2.75) is 13.3 Å². The Labute approximate surface area is 86.8 Å². The van der Waals surface area contributed by atoms with Crippen molar-refractivity contribution in [2.75, 3.05) is 5.73 Å². The quantitative estimate of drug-likeness (QED) is 0.816. The van der Waals surface area contributed by atoms with E-state index in [2.05, 4.69) is 15.4 Å². The lowest BCUT2D eigenvalue weighted by Gasteiger charge is -2.00. The molecule has 14 heavy (non-hydrogen) atoms. The van der Waals surface area contributed by atoms with Crippen LogP contribution in [0.1, 0.15) is 16.1 Å². The van der Waals surface area contributed by atoms with E-state index in [1.165, 1.54) is 16.4 Å². The van der Waals surface area contributed by atoms with Crippen LogP contribution in [0.4, 0.5) is 5.82 Å². The molecule has 0 saturated carbocycles. The van der Waals surface area contributed by atoms with Crippen LogP contribution in [0.2, 0.25) is 0 Å². The highest BCUT2D eigenvalue weighted by Gasteiger charge is 2.03. The maximum atomic E-state index is 5.75. The summed E-state index contributed by atoms with van der Waals surface area (Å²) < 4.78 is 4.22. The number of rotatable bonds is 2. The summed E-state index contributed by atoms with van der Waals surface area (Å²) in [4.78, 5) is 5.27. The lowest BCUT2D eigenvalue weighted by Crippen LogP contribution is -1.96. The lowest BCUT2D eigenvalue weighted by molar-refractivity contribution is 1.18. The Bertz CT molecular complexity index is 436. The van der Waals surface area contributed by atoms with Gasteiger partial charge in [0.1, 0.15) is 5.82 Å². The number of nitrogen functional groups attached to an aromatic ring is 1. The fourth-order valence-electron chi connectivity index (χ4n) is 1.29. The third-order valence-electron chi connectivity index (χ3n) is 1.97. The predicted molar refractivity (Wildman–Crippen MR) is 58.3 cm³/mol. The highest BCUT2D eigenvalue weighted by atomic mass is 32.1. The molecule has 2 aromatic heterocycles. The fraction of sp³-hybridized carbons (Fsp3) is 0.200. The smallest absolute Gasteiger partial charge is 0.126 e. The first kappa shape index (κ1) is 9.15. The van der Waals surface area contributed by atoms with Crippen LogP contribution in [-0.4, -0.2) is 9.36 Å². The van der Waals surface area contributed by atoms with Crippen molar-refractivity contribution in [3.05, 3.63) is 40.5 Å². The molecular weight excluding hydrogens is 194 g/mol. The highest BCUT2D eigenvalue weighted by molar-refractivity contribution is 7.05. The van der Waals surface area contributed by atoms with Gasteiger partial charge in [-0.25, -0.2) is 4.98 Å². The first-order chi connectivity index (χ1) is 6.75. The van der Waals surface area contributed by atoms with E-state index in [-0.39, 0.29) is 0 Å². The Morgan fingerprint density at radius 2 is 2.36 bits per heavy atom. The Morgan fingerprint density at radius 1 is 1.50 bits per heavy atom. The van der Waals surface area contributed by atoms with Gasteiger partial charge < -0.3 is 5.73 Å². The van der Waals surface area contributed by atoms with Crippen molar-refractivity contribution in [3.8, 4) is 0 Å². The molecule has 0 amide bonds. The van der Waals surface area contributed by atoms with Crippen molar-refractivity contribution in [1.29, 1.82) is 0 Å². The minimum absolute atomic E-state index is 0.610. The molecule has 0 saturated heterocycles. The van der Waals surface area contributed by atoms with E-state index in [1.54, 1.807) is 6.20 Å². The highest BCUT2D eigenvalue weighted by Crippen LogP contribution is 2.17. The Hall–Kier alpha value is -1.42. The first-order valence-electron chi connectivity index (χ1n) is 4.37. The van der Waals surface area contributed by atoms with Gasteiger partial charge in [0.05, 0.1) is 5.69 Å². The molecule has 72 valence electrons. The van der Waals surface area contributed by atoms with Crippen molar-refractivity contribution >= 4 is 17.4 Å². The topological polar surface area (TPSA) is 51.8 Å². The van der Waals surface area contributed by atoms with E-state index in [1.807, 2.05) is 19.1 Å². The third kappa shape index (κ3) is 1.90. The van der Waals surface area contributed by atoms with E-state index in [4.69, 9.17) is 5.73 Å².